The Bertz CT molecular complexity index is 1850. The van der Waals surface area contributed by atoms with E-state index in [-0.39, 0.29) is 0 Å². The summed E-state index contributed by atoms with van der Waals surface area (Å²) < 4.78 is 4.80. The van der Waals surface area contributed by atoms with Gasteiger partial charge in [-0.05, 0) is 48.0 Å². The van der Waals surface area contributed by atoms with Crippen LogP contribution in [0.4, 0.5) is 0 Å². The zero-order chi connectivity index (χ0) is 22.6. The van der Waals surface area contributed by atoms with Gasteiger partial charge in [0.2, 0.25) is 0 Å². The molecule has 34 heavy (non-hydrogen) atoms. The molecule has 0 amide bonds. The van der Waals surface area contributed by atoms with Crippen LogP contribution in [0.15, 0.2) is 122 Å². The molecule has 2 heterocycles. The molecule has 0 atom stereocenters. The number of hydrogen-bond acceptors (Lipinski definition) is 0. The predicted molar refractivity (Wildman–Crippen MR) is 145 cm³/mol. The SMILES string of the molecule is C=Cc1ccc(-n2c3ccccc3c3ccc4c(c5ccccc5n4-c4ccccc4)c32)cc1. The number of para-hydroxylation sites is 3. The molecule has 2 heteroatoms. The molecule has 5 aromatic carbocycles. The fourth-order valence-corrected chi connectivity index (χ4v) is 5.39. The van der Waals surface area contributed by atoms with Crippen LogP contribution in [-0.4, -0.2) is 9.13 Å². The number of aromatic nitrogens is 2. The van der Waals surface area contributed by atoms with E-state index in [0.29, 0.717) is 0 Å². The van der Waals surface area contributed by atoms with E-state index in [1.54, 1.807) is 0 Å². The van der Waals surface area contributed by atoms with Crippen LogP contribution in [0.5, 0.6) is 0 Å². The molecule has 0 aliphatic carbocycles. The van der Waals surface area contributed by atoms with Crippen LogP contribution in [0.1, 0.15) is 5.56 Å². The molecule has 0 N–H and O–H groups in total. The van der Waals surface area contributed by atoms with Gasteiger partial charge in [-0.25, -0.2) is 0 Å². The first-order valence-electron chi connectivity index (χ1n) is 11.6. The molecule has 0 unspecified atom stereocenters. The van der Waals surface area contributed by atoms with E-state index in [9.17, 15) is 0 Å². The Morgan fingerprint density at radius 3 is 1.82 bits per heavy atom. The van der Waals surface area contributed by atoms with E-state index in [1.165, 1.54) is 49.3 Å². The van der Waals surface area contributed by atoms with E-state index < -0.39 is 0 Å². The van der Waals surface area contributed by atoms with Gasteiger partial charge in [0, 0.05) is 32.9 Å². The fraction of sp³-hybridized carbons (Fsp3) is 0. The summed E-state index contributed by atoms with van der Waals surface area (Å²) in [6.45, 7) is 3.92. The summed E-state index contributed by atoms with van der Waals surface area (Å²) in [6.07, 6.45) is 1.89. The fourth-order valence-electron chi connectivity index (χ4n) is 5.39. The summed E-state index contributed by atoms with van der Waals surface area (Å²) in [5.41, 5.74) is 8.34. The number of hydrogen-bond donors (Lipinski definition) is 0. The van der Waals surface area contributed by atoms with Crippen LogP contribution in [0.2, 0.25) is 0 Å². The lowest BCUT2D eigenvalue weighted by atomic mass is 10.1. The molecule has 160 valence electrons. The van der Waals surface area contributed by atoms with Crippen molar-refractivity contribution in [1.29, 1.82) is 0 Å². The second-order valence-corrected chi connectivity index (χ2v) is 8.69. The lowest BCUT2D eigenvalue weighted by Gasteiger charge is -2.10. The molecule has 0 fully saturated rings. The van der Waals surface area contributed by atoms with Crippen molar-refractivity contribution in [3.05, 3.63) is 127 Å². The van der Waals surface area contributed by atoms with Gasteiger partial charge in [-0.1, -0.05) is 85.5 Å². The van der Waals surface area contributed by atoms with E-state index in [2.05, 4.69) is 131 Å². The Balaban J connectivity index is 1.72. The summed E-state index contributed by atoms with van der Waals surface area (Å²) >= 11 is 0. The standard InChI is InChI=1S/C32H22N2/c1-2-22-16-18-24(19-17-22)34-28-14-8-6-12-25(28)26-20-21-30-31(32(26)34)27-13-7-9-15-29(27)33(30)23-10-4-3-5-11-23/h2-21H,1H2. The van der Waals surface area contributed by atoms with Crippen molar-refractivity contribution < 1.29 is 0 Å². The average Bonchev–Trinajstić information content (AvgIpc) is 3.42. The van der Waals surface area contributed by atoms with Crippen LogP contribution in [0.3, 0.4) is 0 Å². The zero-order valence-corrected chi connectivity index (χ0v) is 18.6. The molecule has 0 saturated carbocycles. The van der Waals surface area contributed by atoms with Crippen LogP contribution >= 0.6 is 0 Å². The third kappa shape index (κ3) is 2.57. The summed E-state index contributed by atoms with van der Waals surface area (Å²) in [6, 6.07) is 41.3. The molecule has 0 radical (unpaired) electrons. The van der Waals surface area contributed by atoms with Gasteiger partial charge in [0.15, 0.2) is 0 Å². The van der Waals surface area contributed by atoms with Crippen LogP contribution in [-0.2, 0) is 0 Å². The van der Waals surface area contributed by atoms with E-state index >= 15 is 0 Å². The zero-order valence-electron chi connectivity index (χ0n) is 18.6. The number of rotatable bonds is 3. The molecule has 7 aromatic rings. The Morgan fingerprint density at radius 2 is 1.09 bits per heavy atom. The summed E-state index contributed by atoms with van der Waals surface area (Å²) in [4.78, 5) is 0. The van der Waals surface area contributed by atoms with Crippen LogP contribution in [0, 0.1) is 0 Å². The van der Waals surface area contributed by atoms with Crippen LogP contribution in [0.25, 0.3) is 61.1 Å². The molecule has 0 aliphatic rings. The van der Waals surface area contributed by atoms with Gasteiger partial charge < -0.3 is 9.13 Å². The highest BCUT2D eigenvalue weighted by Gasteiger charge is 2.20. The first-order chi connectivity index (χ1) is 16.8. The van der Waals surface area contributed by atoms with Crippen LogP contribution < -0.4 is 0 Å². The maximum atomic E-state index is 3.92. The molecule has 0 saturated heterocycles. The Morgan fingerprint density at radius 1 is 0.471 bits per heavy atom. The third-order valence-electron chi connectivity index (χ3n) is 6.87. The van der Waals surface area contributed by atoms with E-state index in [0.717, 1.165) is 11.3 Å². The monoisotopic (exact) mass is 434 g/mol. The lowest BCUT2D eigenvalue weighted by Crippen LogP contribution is -1.95. The Hall–Kier alpha value is -4.56. The predicted octanol–water partition coefficient (Wildman–Crippen LogP) is 8.52. The van der Waals surface area contributed by atoms with Crippen molar-refractivity contribution in [2.75, 3.05) is 0 Å². The van der Waals surface area contributed by atoms with Gasteiger partial charge in [-0.3, -0.25) is 0 Å². The highest BCUT2D eigenvalue weighted by molar-refractivity contribution is 6.26. The van der Waals surface area contributed by atoms with Gasteiger partial charge >= 0.3 is 0 Å². The largest absolute Gasteiger partial charge is 0.309 e. The van der Waals surface area contributed by atoms with Gasteiger partial charge in [0.25, 0.3) is 0 Å². The highest BCUT2D eigenvalue weighted by Crippen LogP contribution is 2.41. The smallest absolute Gasteiger partial charge is 0.0641 e. The maximum Gasteiger partial charge on any atom is 0.0641 e. The Kier molecular flexibility index (Phi) is 4.03. The highest BCUT2D eigenvalue weighted by atomic mass is 15.0. The van der Waals surface area contributed by atoms with Crippen molar-refractivity contribution >= 4 is 49.7 Å². The number of fused-ring (bicyclic) bond motifs is 7. The molecule has 0 spiro atoms. The second-order valence-electron chi connectivity index (χ2n) is 8.69. The first-order valence-corrected chi connectivity index (χ1v) is 11.6. The van der Waals surface area contributed by atoms with Crippen molar-refractivity contribution in [1.82, 2.24) is 9.13 Å². The minimum atomic E-state index is 1.12. The van der Waals surface area contributed by atoms with E-state index in [4.69, 9.17) is 0 Å². The van der Waals surface area contributed by atoms with E-state index in [1.807, 2.05) is 6.08 Å². The molecular weight excluding hydrogens is 412 g/mol. The van der Waals surface area contributed by atoms with Gasteiger partial charge in [-0.15, -0.1) is 0 Å². The molecule has 2 aromatic heterocycles. The summed E-state index contributed by atoms with van der Waals surface area (Å²) in [7, 11) is 0. The number of nitrogens with zero attached hydrogens (tertiary/aromatic N) is 2. The average molecular weight is 435 g/mol. The molecule has 2 nitrogen and oxygen atoms in total. The molecular formula is C32H22N2. The molecule has 0 bridgehead atoms. The topological polar surface area (TPSA) is 9.86 Å². The minimum Gasteiger partial charge on any atom is -0.309 e. The normalized spacial score (nSPS) is 11.6. The first kappa shape index (κ1) is 19.0. The molecule has 7 rings (SSSR count). The summed E-state index contributed by atoms with van der Waals surface area (Å²) in [5, 5.41) is 5.08. The quantitative estimate of drug-likeness (QED) is 0.264. The number of benzene rings is 5. The lowest BCUT2D eigenvalue weighted by molar-refractivity contribution is 1.17. The maximum absolute atomic E-state index is 3.92. The Labute approximate surface area is 197 Å². The minimum absolute atomic E-state index is 1.12. The van der Waals surface area contributed by atoms with Crippen molar-refractivity contribution in [2.45, 2.75) is 0 Å². The van der Waals surface area contributed by atoms with Crippen molar-refractivity contribution in [3.8, 4) is 11.4 Å². The van der Waals surface area contributed by atoms with Gasteiger partial charge in [0.1, 0.15) is 0 Å². The van der Waals surface area contributed by atoms with Crippen molar-refractivity contribution in [3.63, 3.8) is 0 Å². The van der Waals surface area contributed by atoms with Gasteiger partial charge in [0.05, 0.1) is 22.1 Å². The van der Waals surface area contributed by atoms with Gasteiger partial charge in [-0.2, -0.15) is 0 Å². The second kappa shape index (κ2) is 7.23. The van der Waals surface area contributed by atoms with Crippen molar-refractivity contribution in [2.24, 2.45) is 0 Å². The molecule has 0 aliphatic heterocycles. The third-order valence-corrected chi connectivity index (χ3v) is 6.87. The summed E-state index contributed by atoms with van der Waals surface area (Å²) in [5.74, 6) is 0.